The molecule has 0 heterocycles. The van der Waals surface area contributed by atoms with Gasteiger partial charge in [0.1, 0.15) is 12.0 Å². The highest BCUT2D eigenvalue weighted by molar-refractivity contribution is 5.52. The summed E-state index contributed by atoms with van der Waals surface area (Å²) in [5.74, 6) is 1.03. The molecule has 1 unspecified atom stereocenters. The summed E-state index contributed by atoms with van der Waals surface area (Å²) in [6.07, 6.45) is 2.77. The number of carbonyl (C=O) groups excluding carboxylic acids is 1. The van der Waals surface area contributed by atoms with E-state index in [2.05, 4.69) is 0 Å². The van der Waals surface area contributed by atoms with Crippen molar-refractivity contribution in [2.45, 2.75) is 33.6 Å². The minimum Gasteiger partial charge on any atom is -0.496 e. The van der Waals surface area contributed by atoms with Gasteiger partial charge in [0.05, 0.1) is 7.11 Å². The molecule has 0 radical (unpaired) electrons. The first-order valence-electron chi connectivity index (χ1n) is 5.85. The Hall–Kier alpha value is -1.31. The molecular weight excluding hydrogens is 200 g/mol. The summed E-state index contributed by atoms with van der Waals surface area (Å²) in [7, 11) is 1.67. The lowest BCUT2D eigenvalue weighted by atomic mass is 10.0. The van der Waals surface area contributed by atoms with E-state index in [4.69, 9.17) is 4.74 Å². The van der Waals surface area contributed by atoms with Gasteiger partial charge in [-0.3, -0.25) is 0 Å². The summed E-state index contributed by atoms with van der Waals surface area (Å²) in [4.78, 5) is 10.4. The zero-order chi connectivity index (χ0) is 12.4. The van der Waals surface area contributed by atoms with E-state index in [9.17, 15) is 4.79 Å². The molecule has 1 aromatic carbocycles. The average molecular weight is 222 g/mol. The maximum absolute atomic E-state index is 10.4. The predicted molar refractivity (Wildman–Crippen MR) is 67.9 cm³/mol. The molecule has 0 spiro atoms. The van der Waals surface area contributed by atoms with Crippen LogP contribution in [0.3, 0.4) is 0 Å². The van der Waals surface area contributed by atoms with E-state index in [1.807, 2.05) is 45.0 Å². The Morgan fingerprint density at radius 2 is 1.94 bits per heavy atom. The molecule has 0 amide bonds. The second kappa shape index (κ2) is 8.96. The summed E-state index contributed by atoms with van der Waals surface area (Å²) in [5.41, 5.74) is 1.17. The number of ether oxygens (including phenoxy) is 1. The lowest BCUT2D eigenvalue weighted by Gasteiger charge is -2.08. The fraction of sp³-hybridized carbons (Fsp3) is 0.500. The normalized spacial score (nSPS) is 11.0. The number of aldehydes is 1. The number of rotatable bonds is 5. The summed E-state index contributed by atoms with van der Waals surface area (Å²) in [6, 6.07) is 7.92. The van der Waals surface area contributed by atoms with Gasteiger partial charge >= 0.3 is 0 Å². The molecule has 0 aliphatic rings. The van der Waals surface area contributed by atoms with Gasteiger partial charge in [0.2, 0.25) is 0 Å². The number of hydrogen-bond donors (Lipinski definition) is 0. The van der Waals surface area contributed by atoms with Crippen molar-refractivity contribution in [1.82, 2.24) is 0 Å². The molecule has 90 valence electrons. The third-order valence-corrected chi connectivity index (χ3v) is 2.29. The van der Waals surface area contributed by atoms with Gasteiger partial charge < -0.3 is 9.53 Å². The third-order valence-electron chi connectivity index (χ3n) is 2.29. The van der Waals surface area contributed by atoms with E-state index in [-0.39, 0.29) is 5.92 Å². The predicted octanol–water partition coefficient (Wildman–Crippen LogP) is 3.49. The molecule has 1 rings (SSSR count). The first kappa shape index (κ1) is 14.7. The maximum atomic E-state index is 10.4. The maximum Gasteiger partial charge on any atom is 0.122 e. The van der Waals surface area contributed by atoms with Crippen LogP contribution in [0.2, 0.25) is 0 Å². The van der Waals surface area contributed by atoms with Gasteiger partial charge in [-0.25, -0.2) is 0 Å². The van der Waals surface area contributed by atoms with E-state index < -0.39 is 0 Å². The largest absolute Gasteiger partial charge is 0.496 e. The quantitative estimate of drug-likeness (QED) is 0.713. The molecule has 0 fully saturated rings. The highest BCUT2D eigenvalue weighted by atomic mass is 16.5. The second-order valence-electron chi connectivity index (χ2n) is 3.46. The highest BCUT2D eigenvalue weighted by Gasteiger charge is 2.04. The molecule has 0 N–H and O–H groups in total. The summed E-state index contributed by atoms with van der Waals surface area (Å²) >= 11 is 0. The minimum atomic E-state index is 0.125. The summed E-state index contributed by atoms with van der Waals surface area (Å²) < 4.78 is 5.22. The number of aryl methyl sites for hydroxylation is 1. The number of hydrogen-bond acceptors (Lipinski definition) is 2. The first-order chi connectivity index (χ1) is 7.77. The van der Waals surface area contributed by atoms with Crippen LogP contribution in [0.1, 0.15) is 32.8 Å². The molecule has 0 aromatic heterocycles. The van der Waals surface area contributed by atoms with Crippen molar-refractivity contribution < 1.29 is 9.53 Å². The molecule has 0 saturated carbocycles. The van der Waals surface area contributed by atoms with Gasteiger partial charge in [0, 0.05) is 5.92 Å². The average Bonchev–Trinajstić information content (AvgIpc) is 2.38. The van der Waals surface area contributed by atoms with Crippen molar-refractivity contribution in [1.29, 1.82) is 0 Å². The fourth-order valence-corrected chi connectivity index (χ4v) is 1.36. The second-order valence-corrected chi connectivity index (χ2v) is 3.46. The Morgan fingerprint density at radius 3 is 2.50 bits per heavy atom. The van der Waals surface area contributed by atoms with Crippen molar-refractivity contribution >= 4 is 6.29 Å². The van der Waals surface area contributed by atoms with E-state index in [0.29, 0.717) is 0 Å². The van der Waals surface area contributed by atoms with E-state index in [1.165, 1.54) is 5.56 Å². The molecule has 0 bridgehead atoms. The lowest BCUT2D eigenvalue weighted by molar-refractivity contribution is -0.110. The number of carbonyl (C=O) groups is 1. The van der Waals surface area contributed by atoms with Crippen LogP contribution in [-0.4, -0.2) is 13.4 Å². The Kier molecular flexibility index (Phi) is 8.22. The monoisotopic (exact) mass is 222 g/mol. The highest BCUT2D eigenvalue weighted by Crippen LogP contribution is 2.19. The van der Waals surface area contributed by atoms with Crippen molar-refractivity contribution in [3.8, 4) is 5.75 Å². The van der Waals surface area contributed by atoms with Crippen LogP contribution in [0.4, 0.5) is 0 Å². The molecule has 1 aromatic rings. The molecular formula is C14H22O2. The molecule has 0 aliphatic carbocycles. The Morgan fingerprint density at radius 1 is 1.31 bits per heavy atom. The van der Waals surface area contributed by atoms with Crippen molar-refractivity contribution in [2.24, 2.45) is 5.92 Å². The topological polar surface area (TPSA) is 26.3 Å². The van der Waals surface area contributed by atoms with E-state index in [0.717, 1.165) is 24.9 Å². The molecule has 2 heteroatoms. The van der Waals surface area contributed by atoms with Crippen LogP contribution >= 0.6 is 0 Å². The van der Waals surface area contributed by atoms with Crippen LogP contribution in [-0.2, 0) is 11.2 Å². The molecule has 2 nitrogen and oxygen atoms in total. The SMILES string of the molecule is CC.COc1ccccc1CCC(C)C=O. The lowest BCUT2D eigenvalue weighted by Crippen LogP contribution is -1.99. The smallest absolute Gasteiger partial charge is 0.122 e. The van der Waals surface area contributed by atoms with Crippen molar-refractivity contribution in [3.63, 3.8) is 0 Å². The van der Waals surface area contributed by atoms with Gasteiger partial charge in [-0.05, 0) is 24.5 Å². The van der Waals surface area contributed by atoms with Gasteiger partial charge in [-0.1, -0.05) is 39.0 Å². The zero-order valence-corrected chi connectivity index (χ0v) is 10.7. The fourth-order valence-electron chi connectivity index (χ4n) is 1.36. The van der Waals surface area contributed by atoms with Crippen LogP contribution in [0.25, 0.3) is 0 Å². The standard InChI is InChI=1S/C12H16O2.C2H6/c1-10(9-13)7-8-11-5-3-4-6-12(11)14-2;1-2/h3-6,9-10H,7-8H2,1-2H3;1-2H3. The van der Waals surface area contributed by atoms with Crippen molar-refractivity contribution in [2.75, 3.05) is 7.11 Å². The summed E-state index contributed by atoms with van der Waals surface area (Å²) in [5, 5.41) is 0. The number of benzene rings is 1. The molecule has 0 saturated heterocycles. The van der Waals surface area contributed by atoms with Crippen molar-refractivity contribution in [3.05, 3.63) is 29.8 Å². The summed E-state index contributed by atoms with van der Waals surface area (Å²) in [6.45, 7) is 5.93. The van der Waals surface area contributed by atoms with Crippen LogP contribution in [0.5, 0.6) is 5.75 Å². The molecule has 1 atom stereocenters. The third kappa shape index (κ3) is 4.96. The number of para-hydroxylation sites is 1. The number of methoxy groups -OCH3 is 1. The molecule has 0 aliphatic heterocycles. The van der Waals surface area contributed by atoms with Crippen LogP contribution in [0, 0.1) is 5.92 Å². The van der Waals surface area contributed by atoms with Crippen LogP contribution in [0.15, 0.2) is 24.3 Å². The van der Waals surface area contributed by atoms with Crippen LogP contribution < -0.4 is 4.74 Å². The minimum absolute atomic E-state index is 0.125. The Balaban J connectivity index is 0.00000106. The Bertz CT molecular complexity index is 295. The van der Waals surface area contributed by atoms with E-state index in [1.54, 1.807) is 7.11 Å². The van der Waals surface area contributed by atoms with Gasteiger partial charge in [0.25, 0.3) is 0 Å². The first-order valence-corrected chi connectivity index (χ1v) is 5.85. The zero-order valence-electron chi connectivity index (χ0n) is 10.7. The molecule has 16 heavy (non-hydrogen) atoms. The van der Waals surface area contributed by atoms with Gasteiger partial charge in [-0.15, -0.1) is 0 Å². The Labute approximate surface area is 98.6 Å². The van der Waals surface area contributed by atoms with Gasteiger partial charge in [-0.2, -0.15) is 0 Å². The van der Waals surface area contributed by atoms with Gasteiger partial charge in [0.15, 0.2) is 0 Å². The van der Waals surface area contributed by atoms with E-state index >= 15 is 0 Å².